The third kappa shape index (κ3) is 4.30. The Balaban J connectivity index is 2.10. The van der Waals surface area contributed by atoms with E-state index in [1.807, 2.05) is 37.3 Å². The maximum Gasteiger partial charge on any atom is 0.267 e. The summed E-state index contributed by atoms with van der Waals surface area (Å²) in [6, 6.07) is 12.9. The van der Waals surface area contributed by atoms with Gasteiger partial charge in [-0.3, -0.25) is 4.79 Å². The Morgan fingerprint density at radius 2 is 2.18 bits per heavy atom. The Kier molecular flexibility index (Phi) is 5.49. The summed E-state index contributed by atoms with van der Waals surface area (Å²) in [6.45, 7) is 1.90. The van der Waals surface area contributed by atoms with Crippen LogP contribution in [0, 0.1) is 21.8 Å². The van der Waals surface area contributed by atoms with Crippen LogP contribution in [0.25, 0.3) is 0 Å². The molecular weight excluding hydrogens is 391 g/mol. The average molecular weight is 404 g/mol. The minimum atomic E-state index is -0.463. The monoisotopic (exact) mass is 404 g/mol. The molecule has 0 bridgehead atoms. The van der Waals surface area contributed by atoms with E-state index in [4.69, 9.17) is 5.26 Å². The molecule has 0 atom stereocenters. The first-order valence-electron chi connectivity index (χ1n) is 6.45. The third-order valence-corrected chi connectivity index (χ3v) is 3.50. The Labute approximate surface area is 142 Å². The van der Waals surface area contributed by atoms with E-state index >= 15 is 0 Å². The van der Waals surface area contributed by atoms with Crippen LogP contribution in [0.1, 0.15) is 5.56 Å². The maximum atomic E-state index is 12.1. The highest BCUT2D eigenvalue weighted by Crippen LogP contribution is 2.18. The Morgan fingerprint density at radius 3 is 2.82 bits per heavy atom. The average Bonchev–Trinajstić information content (AvgIpc) is 2.52. The van der Waals surface area contributed by atoms with Gasteiger partial charge >= 0.3 is 0 Å². The maximum absolute atomic E-state index is 12.1. The molecule has 0 fully saturated rings. The number of amides is 1. The second-order valence-electron chi connectivity index (χ2n) is 4.44. The number of anilines is 2. The van der Waals surface area contributed by atoms with E-state index < -0.39 is 5.91 Å². The fourth-order valence-electron chi connectivity index (χ4n) is 1.70. The van der Waals surface area contributed by atoms with Crippen molar-refractivity contribution in [1.82, 2.24) is 4.98 Å². The normalized spacial score (nSPS) is 10.7. The molecule has 0 saturated carbocycles. The number of pyridine rings is 1. The fourth-order valence-corrected chi connectivity index (χ4v) is 2.35. The van der Waals surface area contributed by atoms with Gasteiger partial charge in [0, 0.05) is 21.7 Å². The number of carbonyl (C=O) groups excluding carboxylic acids is 1. The molecule has 1 heterocycles. The summed E-state index contributed by atoms with van der Waals surface area (Å²) in [7, 11) is 0. The van der Waals surface area contributed by atoms with Crippen LogP contribution in [0.15, 0.2) is 54.4 Å². The van der Waals surface area contributed by atoms with Crippen molar-refractivity contribution >= 4 is 40.0 Å². The summed E-state index contributed by atoms with van der Waals surface area (Å²) in [5, 5.41) is 14.7. The largest absolute Gasteiger partial charge is 0.345 e. The Morgan fingerprint density at radius 1 is 1.36 bits per heavy atom. The van der Waals surface area contributed by atoms with Gasteiger partial charge in [-0.25, -0.2) is 4.98 Å². The summed E-state index contributed by atoms with van der Waals surface area (Å²) in [4.78, 5) is 16.2. The van der Waals surface area contributed by atoms with E-state index in [0.29, 0.717) is 11.5 Å². The first-order chi connectivity index (χ1) is 10.6. The summed E-state index contributed by atoms with van der Waals surface area (Å²) in [5.41, 5.74) is 1.60. The lowest BCUT2D eigenvalue weighted by atomic mass is 10.2. The summed E-state index contributed by atoms with van der Waals surface area (Å²) >= 11 is 2.20. The molecule has 2 aromatic rings. The standard InChI is InChI=1S/C16H13IN4O/c1-11-8-13(17)5-6-14(11)21-16(22)12(9-18)10-20-15-4-2-3-7-19-15/h2-8,10H,1H3,(H,19,20)(H,21,22)/b12-10-. The van der Waals surface area contributed by atoms with Gasteiger partial charge in [-0.2, -0.15) is 5.26 Å². The lowest BCUT2D eigenvalue weighted by Crippen LogP contribution is -2.15. The summed E-state index contributed by atoms with van der Waals surface area (Å²) in [5.74, 6) is 0.101. The van der Waals surface area contributed by atoms with Crippen molar-refractivity contribution in [2.75, 3.05) is 10.6 Å². The van der Waals surface area contributed by atoms with Crippen molar-refractivity contribution < 1.29 is 4.79 Å². The van der Waals surface area contributed by atoms with Crippen molar-refractivity contribution in [3.63, 3.8) is 0 Å². The van der Waals surface area contributed by atoms with Crippen molar-refractivity contribution in [1.29, 1.82) is 5.26 Å². The molecule has 2 N–H and O–H groups in total. The number of aryl methyl sites for hydroxylation is 1. The van der Waals surface area contributed by atoms with Gasteiger partial charge in [-0.15, -0.1) is 0 Å². The molecule has 0 radical (unpaired) electrons. The van der Waals surface area contributed by atoms with Gasteiger partial charge in [0.2, 0.25) is 0 Å². The van der Waals surface area contributed by atoms with Crippen LogP contribution < -0.4 is 10.6 Å². The van der Waals surface area contributed by atoms with Gasteiger partial charge in [0.25, 0.3) is 5.91 Å². The number of aromatic nitrogens is 1. The molecule has 0 spiro atoms. The highest BCUT2D eigenvalue weighted by atomic mass is 127. The third-order valence-electron chi connectivity index (χ3n) is 2.83. The number of benzene rings is 1. The molecule has 6 heteroatoms. The Hall–Kier alpha value is -2.40. The predicted molar refractivity (Wildman–Crippen MR) is 94.1 cm³/mol. The van der Waals surface area contributed by atoms with Crippen molar-refractivity contribution in [2.24, 2.45) is 0 Å². The van der Waals surface area contributed by atoms with E-state index in [2.05, 4.69) is 38.2 Å². The number of nitriles is 1. The first-order valence-corrected chi connectivity index (χ1v) is 7.53. The molecule has 2 rings (SSSR count). The fraction of sp³-hybridized carbons (Fsp3) is 0.0625. The SMILES string of the molecule is Cc1cc(I)ccc1NC(=O)/C(C#N)=C\Nc1ccccn1. The van der Waals surface area contributed by atoms with Gasteiger partial charge in [-0.05, 0) is 65.4 Å². The van der Waals surface area contributed by atoms with Crippen molar-refractivity contribution in [3.8, 4) is 6.07 Å². The summed E-state index contributed by atoms with van der Waals surface area (Å²) in [6.07, 6.45) is 2.97. The van der Waals surface area contributed by atoms with Gasteiger partial charge in [0.05, 0.1) is 0 Å². The highest BCUT2D eigenvalue weighted by molar-refractivity contribution is 14.1. The van der Waals surface area contributed by atoms with Gasteiger partial charge in [-0.1, -0.05) is 6.07 Å². The van der Waals surface area contributed by atoms with Crippen LogP contribution in [0.2, 0.25) is 0 Å². The van der Waals surface area contributed by atoms with Crippen LogP contribution in [-0.4, -0.2) is 10.9 Å². The van der Waals surface area contributed by atoms with Crippen molar-refractivity contribution in [3.05, 3.63) is 63.5 Å². The number of nitrogens with one attached hydrogen (secondary N) is 2. The van der Waals surface area contributed by atoms with Crippen LogP contribution in [0.5, 0.6) is 0 Å². The molecule has 22 heavy (non-hydrogen) atoms. The second kappa shape index (κ2) is 7.56. The molecule has 1 aromatic carbocycles. The zero-order valence-corrected chi connectivity index (χ0v) is 14.0. The minimum absolute atomic E-state index is 0.0244. The van der Waals surface area contributed by atoms with Crippen LogP contribution in [-0.2, 0) is 4.79 Å². The van der Waals surface area contributed by atoms with Crippen LogP contribution >= 0.6 is 22.6 Å². The number of nitrogens with zero attached hydrogens (tertiary/aromatic N) is 2. The van der Waals surface area contributed by atoms with Gasteiger partial charge < -0.3 is 10.6 Å². The smallest absolute Gasteiger partial charge is 0.267 e. The van der Waals surface area contributed by atoms with E-state index in [9.17, 15) is 4.79 Å². The first kappa shape index (κ1) is 16.0. The van der Waals surface area contributed by atoms with E-state index in [-0.39, 0.29) is 5.57 Å². The van der Waals surface area contributed by atoms with Crippen molar-refractivity contribution in [2.45, 2.75) is 6.92 Å². The Bertz CT molecular complexity index is 750. The number of rotatable bonds is 4. The lowest BCUT2D eigenvalue weighted by molar-refractivity contribution is -0.112. The molecule has 0 aliphatic carbocycles. The zero-order valence-electron chi connectivity index (χ0n) is 11.8. The molecular formula is C16H13IN4O. The molecule has 0 aliphatic rings. The molecule has 0 saturated heterocycles. The lowest BCUT2D eigenvalue weighted by Gasteiger charge is -2.08. The second-order valence-corrected chi connectivity index (χ2v) is 5.69. The molecule has 5 nitrogen and oxygen atoms in total. The minimum Gasteiger partial charge on any atom is -0.345 e. The van der Waals surface area contributed by atoms with Gasteiger partial charge in [0.15, 0.2) is 0 Å². The molecule has 0 unspecified atom stereocenters. The van der Waals surface area contributed by atoms with Crippen LogP contribution in [0.3, 0.4) is 0 Å². The summed E-state index contributed by atoms with van der Waals surface area (Å²) < 4.78 is 1.08. The van der Waals surface area contributed by atoms with E-state index in [1.54, 1.807) is 18.3 Å². The van der Waals surface area contributed by atoms with E-state index in [0.717, 1.165) is 9.13 Å². The number of halogens is 1. The molecule has 1 amide bonds. The van der Waals surface area contributed by atoms with E-state index in [1.165, 1.54) is 6.20 Å². The van der Waals surface area contributed by atoms with Crippen LogP contribution in [0.4, 0.5) is 11.5 Å². The van der Waals surface area contributed by atoms with Gasteiger partial charge in [0.1, 0.15) is 17.5 Å². The molecule has 110 valence electrons. The topological polar surface area (TPSA) is 77.8 Å². The molecule has 0 aliphatic heterocycles. The molecule has 1 aromatic heterocycles. The highest BCUT2D eigenvalue weighted by Gasteiger charge is 2.10. The number of hydrogen-bond donors (Lipinski definition) is 2. The quantitative estimate of drug-likeness (QED) is 0.465. The zero-order chi connectivity index (χ0) is 15.9. The number of carbonyl (C=O) groups is 1. The predicted octanol–water partition coefficient (Wildman–Crippen LogP) is 3.45. The number of hydrogen-bond acceptors (Lipinski definition) is 4.